The van der Waals surface area contributed by atoms with Gasteiger partial charge in [0.15, 0.2) is 0 Å². The summed E-state index contributed by atoms with van der Waals surface area (Å²) in [5.74, 6) is 0.333. The van der Waals surface area contributed by atoms with Gasteiger partial charge in [-0.05, 0) is 55.0 Å². The summed E-state index contributed by atoms with van der Waals surface area (Å²) in [5.41, 5.74) is 3.79. The van der Waals surface area contributed by atoms with Crippen molar-refractivity contribution in [3.8, 4) is 5.75 Å². The van der Waals surface area contributed by atoms with Crippen molar-refractivity contribution in [2.75, 3.05) is 13.1 Å². The van der Waals surface area contributed by atoms with E-state index < -0.39 is 6.10 Å². The number of nitrogens with zero attached hydrogens (tertiary/aromatic N) is 1. The minimum absolute atomic E-state index is 0.0290. The number of hydrogen-bond acceptors (Lipinski definition) is 3. The third-order valence-corrected chi connectivity index (χ3v) is 5.73. The van der Waals surface area contributed by atoms with Crippen molar-refractivity contribution in [3.63, 3.8) is 0 Å². The highest BCUT2D eigenvalue weighted by molar-refractivity contribution is 5.36. The Labute approximate surface area is 143 Å². The Balaban J connectivity index is 1.53. The van der Waals surface area contributed by atoms with E-state index >= 15 is 0 Å². The maximum Gasteiger partial charge on any atom is 0.119 e. The Morgan fingerprint density at radius 2 is 1.67 bits per heavy atom. The molecule has 1 heterocycles. The van der Waals surface area contributed by atoms with Crippen LogP contribution in [0, 0.1) is 0 Å². The summed E-state index contributed by atoms with van der Waals surface area (Å²) in [6.45, 7) is 1.65. The van der Waals surface area contributed by atoms with Crippen LogP contribution in [-0.2, 0) is 6.42 Å². The number of fused-ring (bicyclic) bond motifs is 1. The highest BCUT2D eigenvalue weighted by Crippen LogP contribution is 2.39. The highest BCUT2D eigenvalue weighted by Gasteiger charge is 2.35. The molecule has 1 fully saturated rings. The summed E-state index contributed by atoms with van der Waals surface area (Å²) < 4.78 is 0. The molecule has 2 N–H and O–H groups in total. The standard InChI is InChI=1S/C21H25NO2/c23-20-11-4-3-9-17(20)18-12-13-22(14-21(18)24)19-10-5-7-15-6-1-2-8-16(15)19/h1-4,6,8-9,11,18-19,21,23-24H,5,7,10,12-14H2/t18?,19-,21?/m1/s1. The summed E-state index contributed by atoms with van der Waals surface area (Å²) in [7, 11) is 0. The molecule has 0 aromatic heterocycles. The van der Waals surface area contributed by atoms with Crippen LogP contribution in [0.4, 0.5) is 0 Å². The van der Waals surface area contributed by atoms with Gasteiger partial charge < -0.3 is 10.2 Å². The van der Waals surface area contributed by atoms with E-state index in [0.717, 1.165) is 18.5 Å². The molecule has 1 aliphatic carbocycles. The minimum Gasteiger partial charge on any atom is -0.508 e. The fourth-order valence-corrected chi connectivity index (χ4v) is 4.51. The number of benzene rings is 2. The predicted octanol–water partition coefficient (Wildman–Crippen LogP) is 3.62. The Hall–Kier alpha value is -1.84. The zero-order valence-electron chi connectivity index (χ0n) is 13.9. The van der Waals surface area contributed by atoms with Crippen LogP contribution in [0.25, 0.3) is 0 Å². The number of para-hydroxylation sites is 1. The van der Waals surface area contributed by atoms with Crippen LogP contribution in [0.5, 0.6) is 5.75 Å². The molecule has 0 radical (unpaired) electrons. The number of likely N-dealkylation sites (tertiary alicyclic amines) is 1. The first kappa shape index (κ1) is 15.7. The maximum absolute atomic E-state index is 10.7. The van der Waals surface area contributed by atoms with E-state index in [9.17, 15) is 10.2 Å². The van der Waals surface area contributed by atoms with Gasteiger partial charge in [0, 0.05) is 18.5 Å². The molecule has 1 aliphatic heterocycles. The first-order valence-corrected chi connectivity index (χ1v) is 9.02. The third kappa shape index (κ3) is 2.83. The van der Waals surface area contributed by atoms with E-state index in [-0.39, 0.29) is 5.92 Å². The Morgan fingerprint density at radius 1 is 0.917 bits per heavy atom. The molecule has 2 aromatic rings. The second-order valence-corrected chi connectivity index (χ2v) is 7.12. The van der Waals surface area contributed by atoms with Gasteiger partial charge >= 0.3 is 0 Å². The van der Waals surface area contributed by atoms with Crippen LogP contribution < -0.4 is 0 Å². The average molecular weight is 323 g/mol. The van der Waals surface area contributed by atoms with Crippen molar-refractivity contribution in [2.45, 2.75) is 43.7 Å². The first-order chi connectivity index (χ1) is 11.7. The van der Waals surface area contributed by atoms with Gasteiger partial charge in [-0.3, -0.25) is 4.90 Å². The number of phenols is 1. The number of piperidine rings is 1. The molecule has 126 valence electrons. The fourth-order valence-electron chi connectivity index (χ4n) is 4.51. The molecule has 0 spiro atoms. The Morgan fingerprint density at radius 3 is 2.46 bits per heavy atom. The van der Waals surface area contributed by atoms with Crippen LogP contribution in [0.15, 0.2) is 48.5 Å². The van der Waals surface area contributed by atoms with Crippen molar-refractivity contribution >= 4 is 0 Å². The molecular weight excluding hydrogens is 298 g/mol. The Kier molecular flexibility index (Phi) is 4.30. The summed E-state index contributed by atoms with van der Waals surface area (Å²) in [6.07, 6.45) is 4.02. The molecule has 2 aromatic carbocycles. The molecule has 3 atom stereocenters. The maximum atomic E-state index is 10.7. The van der Waals surface area contributed by atoms with E-state index in [2.05, 4.69) is 29.2 Å². The molecule has 1 saturated heterocycles. The van der Waals surface area contributed by atoms with Crippen LogP contribution in [0.3, 0.4) is 0 Å². The molecule has 4 rings (SSSR count). The lowest BCUT2D eigenvalue weighted by atomic mass is 9.82. The molecule has 24 heavy (non-hydrogen) atoms. The molecular formula is C21H25NO2. The number of aliphatic hydroxyl groups excluding tert-OH is 1. The van der Waals surface area contributed by atoms with Crippen LogP contribution in [0.1, 0.15) is 47.9 Å². The lowest BCUT2D eigenvalue weighted by Crippen LogP contribution is -2.45. The average Bonchev–Trinajstić information content (AvgIpc) is 2.62. The third-order valence-electron chi connectivity index (χ3n) is 5.73. The highest BCUT2D eigenvalue weighted by atomic mass is 16.3. The van der Waals surface area contributed by atoms with Crippen molar-refractivity contribution in [2.24, 2.45) is 0 Å². The Bertz CT molecular complexity index is 714. The van der Waals surface area contributed by atoms with Gasteiger partial charge in [-0.15, -0.1) is 0 Å². The first-order valence-electron chi connectivity index (χ1n) is 9.02. The van der Waals surface area contributed by atoms with Crippen molar-refractivity contribution in [3.05, 3.63) is 65.2 Å². The summed E-state index contributed by atoms with van der Waals surface area (Å²) in [5, 5.41) is 20.8. The minimum atomic E-state index is -0.430. The molecule has 0 saturated carbocycles. The van der Waals surface area contributed by atoms with Gasteiger partial charge in [-0.2, -0.15) is 0 Å². The summed E-state index contributed by atoms with van der Waals surface area (Å²) in [6, 6.07) is 16.6. The quantitative estimate of drug-likeness (QED) is 0.887. The van der Waals surface area contributed by atoms with E-state index in [1.54, 1.807) is 6.07 Å². The normalized spacial score (nSPS) is 27.6. The van der Waals surface area contributed by atoms with Crippen LogP contribution >= 0.6 is 0 Å². The second kappa shape index (κ2) is 6.58. The van der Waals surface area contributed by atoms with Crippen LogP contribution in [-0.4, -0.2) is 34.3 Å². The lowest BCUT2D eigenvalue weighted by Gasteiger charge is -2.42. The van der Waals surface area contributed by atoms with Gasteiger partial charge in [0.05, 0.1) is 6.10 Å². The zero-order chi connectivity index (χ0) is 16.5. The van der Waals surface area contributed by atoms with Crippen molar-refractivity contribution < 1.29 is 10.2 Å². The SMILES string of the molecule is Oc1ccccc1C1CCN([C@@H]2CCCc3ccccc32)CC1O. The van der Waals surface area contributed by atoms with E-state index in [1.165, 1.54) is 30.4 Å². The van der Waals surface area contributed by atoms with Gasteiger partial charge in [0.25, 0.3) is 0 Å². The van der Waals surface area contributed by atoms with E-state index in [1.807, 2.05) is 18.2 Å². The number of aryl methyl sites for hydroxylation is 1. The monoisotopic (exact) mass is 323 g/mol. The van der Waals surface area contributed by atoms with Crippen molar-refractivity contribution in [1.29, 1.82) is 0 Å². The molecule has 0 bridgehead atoms. The number of rotatable bonds is 2. The van der Waals surface area contributed by atoms with Gasteiger partial charge in [0.2, 0.25) is 0 Å². The fraction of sp³-hybridized carbons (Fsp3) is 0.429. The van der Waals surface area contributed by atoms with Crippen LogP contribution in [0.2, 0.25) is 0 Å². The molecule has 3 nitrogen and oxygen atoms in total. The smallest absolute Gasteiger partial charge is 0.119 e. The second-order valence-electron chi connectivity index (χ2n) is 7.12. The van der Waals surface area contributed by atoms with Gasteiger partial charge in [0.1, 0.15) is 5.75 Å². The van der Waals surface area contributed by atoms with E-state index in [0.29, 0.717) is 18.3 Å². The predicted molar refractivity (Wildman–Crippen MR) is 95.2 cm³/mol. The molecule has 0 amide bonds. The number of phenolic OH excluding ortho intramolecular Hbond substituents is 1. The lowest BCUT2D eigenvalue weighted by molar-refractivity contribution is 0.0245. The van der Waals surface area contributed by atoms with Crippen molar-refractivity contribution in [1.82, 2.24) is 4.90 Å². The molecule has 3 heteroatoms. The largest absolute Gasteiger partial charge is 0.508 e. The summed E-state index contributed by atoms with van der Waals surface area (Å²) >= 11 is 0. The molecule has 2 unspecified atom stereocenters. The zero-order valence-corrected chi connectivity index (χ0v) is 13.9. The summed E-state index contributed by atoms with van der Waals surface area (Å²) in [4.78, 5) is 2.44. The van der Waals surface area contributed by atoms with E-state index in [4.69, 9.17) is 0 Å². The number of aromatic hydroxyl groups is 1. The molecule has 2 aliphatic rings. The number of aliphatic hydroxyl groups is 1. The number of hydrogen-bond donors (Lipinski definition) is 2. The topological polar surface area (TPSA) is 43.7 Å². The van der Waals surface area contributed by atoms with Gasteiger partial charge in [-0.1, -0.05) is 42.5 Å². The van der Waals surface area contributed by atoms with Gasteiger partial charge in [-0.25, -0.2) is 0 Å². The number of β-amino-alcohol motifs (C(OH)–C–C–N with tert-alkyl or cyclic N) is 1.